The van der Waals surface area contributed by atoms with Crippen LogP contribution in [0.25, 0.3) is 0 Å². The maximum atomic E-state index is 10.9. The van der Waals surface area contributed by atoms with Crippen LogP contribution in [0.1, 0.15) is 92.9 Å². The fraction of sp³-hybridized carbons (Fsp3) is 0.933. The third kappa shape index (κ3) is 2.35. The molecule has 33 heavy (non-hydrogen) atoms. The highest BCUT2D eigenvalue weighted by Crippen LogP contribution is 2.79. The van der Waals surface area contributed by atoms with E-state index < -0.39 is 11.5 Å². The van der Waals surface area contributed by atoms with Gasteiger partial charge in [-0.15, -0.1) is 0 Å². The molecular formula is C30H48O3. The minimum Gasteiger partial charge on any atom is -0.396 e. The van der Waals surface area contributed by atoms with Gasteiger partial charge < -0.3 is 14.9 Å². The molecule has 0 aromatic rings. The Hall–Kier alpha value is -0.380. The van der Waals surface area contributed by atoms with Gasteiger partial charge in [0.15, 0.2) is 0 Å². The first-order valence-electron chi connectivity index (χ1n) is 14.1. The summed E-state index contributed by atoms with van der Waals surface area (Å²) in [6.45, 7) is 15.9. The van der Waals surface area contributed by atoms with E-state index in [2.05, 4.69) is 53.7 Å². The van der Waals surface area contributed by atoms with Gasteiger partial charge in [0.2, 0.25) is 0 Å². The molecule has 3 heteroatoms. The van der Waals surface area contributed by atoms with Gasteiger partial charge in [-0.05, 0) is 91.3 Å². The van der Waals surface area contributed by atoms with Crippen molar-refractivity contribution in [1.82, 2.24) is 0 Å². The molecule has 6 rings (SSSR count). The van der Waals surface area contributed by atoms with Gasteiger partial charge in [0.25, 0.3) is 0 Å². The molecule has 0 radical (unpaired) electrons. The summed E-state index contributed by atoms with van der Waals surface area (Å²) in [5.41, 5.74) is 0.310. The second kappa shape index (κ2) is 6.68. The van der Waals surface area contributed by atoms with Crippen LogP contribution in [0.3, 0.4) is 0 Å². The molecule has 1 heterocycles. The van der Waals surface area contributed by atoms with Gasteiger partial charge >= 0.3 is 0 Å². The van der Waals surface area contributed by atoms with E-state index in [0.29, 0.717) is 29.1 Å². The number of fused-ring (bicyclic) bond motifs is 4. The summed E-state index contributed by atoms with van der Waals surface area (Å²) in [5, 5.41) is 21.4. The minimum absolute atomic E-state index is 0.0892. The Morgan fingerprint density at radius 2 is 1.70 bits per heavy atom. The van der Waals surface area contributed by atoms with Gasteiger partial charge in [-0.3, -0.25) is 0 Å². The van der Waals surface area contributed by atoms with Crippen molar-refractivity contribution in [3.8, 4) is 0 Å². The summed E-state index contributed by atoms with van der Waals surface area (Å²) in [5.74, 6) is 2.97. The summed E-state index contributed by atoms with van der Waals surface area (Å²) in [6.07, 6.45) is 14.3. The van der Waals surface area contributed by atoms with E-state index in [1.165, 1.54) is 32.1 Å². The first-order chi connectivity index (χ1) is 15.4. The average molecular weight is 457 g/mol. The molecular weight excluding hydrogens is 408 g/mol. The van der Waals surface area contributed by atoms with Crippen LogP contribution in [0.5, 0.6) is 0 Å². The molecule has 1 spiro atoms. The fourth-order valence-corrected chi connectivity index (χ4v) is 11.6. The summed E-state index contributed by atoms with van der Waals surface area (Å²) < 4.78 is 7.12. The van der Waals surface area contributed by atoms with Gasteiger partial charge in [-0.1, -0.05) is 53.7 Å². The Kier molecular flexibility index (Phi) is 4.66. The zero-order valence-corrected chi connectivity index (χ0v) is 22.0. The fourth-order valence-electron chi connectivity index (χ4n) is 11.6. The molecule has 2 bridgehead atoms. The van der Waals surface area contributed by atoms with Crippen LogP contribution < -0.4 is 0 Å². The molecule has 6 aliphatic rings. The molecule has 186 valence electrons. The van der Waals surface area contributed by atoms with Crippen molar-refractivity contribution in [1.29, 1.82) is 0 Å². The molecule has 5 fully saturated rings. The molecule has 4 saturated carbocycles. The minimum atomic E-state index is -0.392. The van der Waals surface area contributed by atoms with Crippen molar-refractivity contribution in [3.05, 3.63) is 12.2 Å². The number of rotatable bonds is 1. The number of aliphatic hydroxyl groups excluding tert-OH is 2. The van der Waals surface area contributed by atoms with Crippen LogP contribution in [0, 0.1) is 56.7 Å². The molecule has 0 aromatic carbocycles. The van der Waals surface area contributed by atoms with E-state index in [9.17, 15) is 10.2 Å². The Bertz CT molecular complexity index is 869. The van der Waals surface area contributed by atoms with E-state index >= 15 is 0 Å². The number of aliphatic hydroxyl groups is 2. The zero-order valence-electron chi connectivity index (χ0n) is 22.0. The number of ether oxygens (including phenoxy) is 1. The largest absolute Gasteiger partial charge is 0.396 e. The maximum Gasteiger partial charge on any atom is 0.0958 e. The maximum absolute atomic E-state index is 10.9. The summed E-state index contributed by atoms with van der Waals surface area (Å²) in [4.78, 5) is 0. The lowest BCUT2D eigenvalue weighted by Crippen LogP contribution is -2.71. The van der Waals surface area contributed by atoms with Crippen LogP contribution >= 0.6 is 0 Å². The first-order valence-corrected chi connectivity index (χ1v) is 14.1. The second-order valence-electron chi connectivity index (χ2n) is 14.7. The SMILES string of the molecule is C[C@H]1[C@H](C)CC[C@@]23CC[C@@]4(C)[C@]5(C)CC[C@@H]6[C@](C)(CC[C@H](O)[C@@]6(C)CO)[C@H]5C=C[C@@]4(OC2)[C@H]13. The normalized spacial score (nSPS) is 63.9. The van der Waals surface area contributed by atoms with Crippen molar-refractivity contribution in [2.45, 2.75) is 105 Å². The topological polar surface area (TPSA) is 49.7 Å². The molecule has 5 aliphatic carbocycles. The third-order valence-electron chi connectivity index (χ3n) is 14.0. The molecule has 0 aromatic heterocycles. The van der Waals surface area contributed by atoms with Crippen LogP contribution in [0.2, 0.25) is 0 Å². The smallest absolute Gasteiger partial charge is 0.0958 e. The number of hydrogen-bond donors (Lipinski definition) is 2. The molecule has 2 N–H and O–H groups in total. The lowest BCUT2D eigenvalue weighted by Gasteiger charge is -2.73. The molecule has 0 unspecified atom stereocenters. The highest BCUT2D eigenvalue weighted by atomic mass is 16.5. The Morgan fingerprint density at radius 1 is 0.939 bits per heavy atom. The van der Waals surface area contributed by atoms with E-state index in [1.807, 2.05) is 0 Å². The number of allylic oxidation sites excluding steroid dienone is 1. The lowest BCUT2D eigenvalue weighted by atomic mass is 9.32. The van der Waals surface area contributed by atoms with Crippen LogP contribution in [-0.2, 0) is 4.74 Å². The monoisotopic (exact) mass is 456 g/mol. The quantitative estimate of drug-likeness (QED) is 0.477. The van der Waals surface area contributed by atoms with Crippen molar-refractivity contribution in [2.75, 3.05) is 13.2 Å². The second-order valence-corrected chi connectivity index (χ2v) is 14.7. The number of hydrogen-bond acceptors (Lipinski definition) is 3. The van der Waals surface area contributed by atoms with Crippen molar-refractivity contribution in [3.63, 3.8) is 0 Å². The predicted molar refractivity (Wildman–Crippen MR) is 132 cm³/mol. The third-order valence-corrected chi connectivity index (χ3v) is 14.0. The summed E-state index contributed by atoms with van der Waals surface area (Å²) in [7, 11) is 0. The van der Waals surface area contributed by atoms with Crippen LogP contribution in [0.15, 0.2) is 12.2 Å². The molecule has 0 amide bonds. The van der Waals surface area contributed by atoms with E-state index in [1.54, 1.807) is 0 Å². The van der Waals surface area contributed by atoms with Crippen LogP contribution in [0.4, 0.5) is 0 Å². The zero-order chi connectivity index (χ0) is 23.7. The predicted octanol–water partition coefficient (Wildman–Crippen LogP) is 5.99. The standard InChI is InChI=1S/C30H48O3/c1-19-7-13-29-16-15-28(6)27(5)12-8-21-25(3,11-10-23(32)26(21,4)17-31)22(27)9-14-30(28,33-18-29)24(29)20(19)2/h9,14,19-24,31-32H,7-8,10-13,15-18H2,1-6H3/t19-,20+,21-,22-,23+,24-,25+,26+,27-,28+,29-,30-/m1/s1. The Balaban J connectivity index is 1.49. The van der Waals surface area contributed by atoms with E-state index in [0.717, 1.165) is 31.8 Å². The Morgan fingerprint density at radius 3 is 2.42 bits per heavy atom. The van der Waals surface area contributed by atoms with Gasteiger partial charge in [0.05, 0.1) is 24.9 Å². The van der Waals surface area contributed by atoms with Gasteiger partial charge in [0.1, 0.15) is 0 Å². The molecule has 12 atom stereocenters. The molecule has 1 aliphatic heterocycles. The molecule has 3 nitrogen and oxygen atoms in total. The highest BCUT2D eigenvalue weighted by molar-refractivity contribution is 5.35. The summed E-state index contributed by atoms with van der Waals surface area (Å²) in [6, 6.07) is 0. The van der Waals surface area contributed by atoms with E-state index in [4.69, 9.17) is 4.74 Å². The highest BCUT2D eigenvalue weighted by Gasteiger charge is 2.77. The molecule has 1 saturated heterocycles. The van der Waals surface area contributed by atoms with Crippen molar-refractivity contribution < 1.29 is 14.9 Å². The van der Waals surface area contributed by atoms with Crippen molar-refractivity contribution >= 4 is 0 Å². The first kappa shape index (κ1) is 23.0. The Labute approximate surface area is 201 Å². The van der Waals surface area contributed by atoms with Crippen LogP contribution in [-0.4, -0.2) is 35.1 Å². The van der Waals surface area contributed by atoms with Crippen molar-refractivity contribution in [2.24, 2.45) is 56.7 Å². The van der Waals surface area contributed by atoms with Gasteiger partial charge in [-0.25, -0.2) is 0 Å². The average Bonchev–Trinajstić information content (AvgIpc) is 3.06. The summed E-state index contributed by atoms with van der Waals surface area (Å²) >= 11 is 0. The van der Waals surface area contributed by atoms with Gasteiger partial charge in [-0.2, -0.15) is 0 Å². The van der Waals surface area contributed by atoms with E-state index in [-0.39, 0.29) is 28.5 Å². The van der Waals surface area contributed by atoms with Gasteiger partial charge in [0, 0.05) is 16.7 Å². The lowest BCUT2D eigenvalue weighted by molar-refractivity contribution is -0.251.